The molecule has 1 N–H and O–H groups in total. The van der Waals surface area contributed by atoms with E-state index < -0.39 is 6.03 Å². The third-order valence-corrected chi connectivity index (χ3v) is 5.93. The van der Waals surface area contributed by atoms with Crippen molar-refractivity contribution < 1.29 is 14.4 Å². The molecule has 0 radical (unpaired) electrons. The van der Waals surface area contributed by atoms with E-state index in [1.54, 1.807) is 24.3 Å². The van der Waals surface area contributed by atoms with Crippen molar-refractivity contribution in [1.29, 1.82) is 0 Å². The van der Waals surface area contributed by atoms with Crippen molar-refractivity contribution in [2.24, 2.45) is 5.92 Å². The van der Waals surface area contributed by atoms with Crippen LogP contribution in [0.25, 0.3) is 0 Å². The molecule has 0 aliphatic carbocycles. The van der Waals surface area contributed by atoms with Gasteiger partial charge in [-0.3, -0.25) is 24.7 Å². The molecule has 0 spiro atoms. The molecule has 2 aliphatic heterocycles. The molecule has 0 aromatic heterocycles. The Balaban J connectivity index is 0.00000179. The largest absolute Gasteiger partial charge is 0.336 e. The van der Waals surface area contributed by atoms with Crippen LogP contribution in [-0.2, 0) is 4.79 Å². The van der Waals surface area contributed by atoms with Crippen molar-refractivity contribution in [1.82, 2.24) is 15.1 Å². The van der Waals surface area contributed by atoms with Gasteiger partial charge in [-0.1, -0.05) is 68.2 Å². The van der Waals surface area contributed by atoms with Crippen molar-refractivity contribution >= 4 is 23.5 Å². The van der Waals surface area contributed by atoms with E-state index in [9.17, 15) is 14.4 Å². The Morgan fingerprint density at radius 1 is 0.886 bits per heavy atom. The molecule has 35 heavy (non-hydrogen) atoms. The number of piperazine rings is 1. The van der Waals surface area contributed by atoms with Gasteiger partial charge in [0, 0.05) is 56.9 Å². The summed E-state index contributed by atoms with van der Waals surface area (Å²) in [7, 11) is 0. The third kappa shape index (κ3) is 10.4. The number of amides is 4. The Hall–Kier alpha value is -2.41. The molecule has 1 aromatic carbocycles. The van der Waals surface area contributed by atoms with Gasteiger partial charge in [-0.25, -0.2) is 4.79 Å². The second-order valence-corrected chi connectivity index (χ2v) is 7.96. The molecule has 1 unspecified atom stereocenters. The first-order valence-corrected chi connectivity index (χ1v) is 13.7. The van der Waals surface area contributed by atoms with E-state index >= 15 is 0 Å². The first kappa shape index (κ1) is 32.6. The molecule has 7 nitrogen and oxygen atoms in total. The molecule has 200 valence electrons. The lowest BCUT2D eigenvalue weighted by Crippen LogP contribution is -2.50. The van der Waals surface area contributed by atoms with Gasteiger partial charge in [0.05, 0.1) is 0 Å². The first-order valence-electron chi connectivity index (χ1n) is 13.7. The van der Waals surface area contributed by atoms with Crippen LogP contribution in [0.1, 0.15) is 91.4 Å². The quantitative estimate of drug-likeness (QED) is 0.525. The molecular weight excluding hydrogens is 440 g/mol. The average Bonchev–Trinajstić information content (AvgIpc) is 2.92. The number of rotatable bonds is 7. The van der Waals surface area contributed by atoms with Crippen molar-refractivity contribution in [3.63, 3.8) is 0 Å². The molecule has 2 aliphatic rings. The van der Waals surface area contributed by atoms with E-state index in [1.165, 1.54) is 24.2 Å². The van der Waals surface area contributed by atoms with Gasteiger partial charge in [-0.05, 0) is 36.6 Å². The number of urea groups is 1. The molecule has 4 amide bonds. The molecular formula is C28H50N4O3. The van der Waals surface area contributed by atoms with Crippen molar-refractivity contribution in [3.05, 3.63) is 29.8 Å². The van der Waals surface area contributed by atoms with Crippen LogP contribution >= 0.6 is 0 Å². The predicted molar refractivity (Wildman–Crippen MR) is 147 cm³/mol. The number of carbonyl (C=O) groups excluding carboxylic acids is 3. The number of nitrogens with zero attached hydrogens (tertiary/aromatic N) is 3. The molecule has 0 saturated carbocycles. The van der Waals surface area contributed by atoms with Crippen LogP contribution in [0.15, 0.2) is 24.3 Å². The SMILES string of the molecule is CC.CC.CC.CCCC(CC)CN1CCN(C(=O)c2ccc(N3CCC(=O)NC3=O)cc2)CC1. The van der Waals surface area contributed by atoms with Gasteiger partial charge in [-0.2, -0.15) is 0 Å². The van der Waals surface area contributed by atoms with Gasteiger partial charge in [-0.15, -0.1) is 0 Å². The van der Waals surface area contributed by atoms with Crippen LogP contribution in [0.2, 0.25) is 0 Å². The van der Waals surface area contributed by atoms with Gasteiger partial charge >= 0.3 is 6.03 Å². The minimum absolute atomic E-state index is 0.0371. The Bertz CT molecular complexity index is 728. The monoisotopic (exact) mass is 490 g/mol. The average molecular weight is 491 g/mol. The highest BCUT2D eigenvalue weighted by atomic mass is 16.2. The van der Waals surface area contributed by atoms with Crippen LogP contribution < -0.4 is 10.2 Å². The minimum atomic E-state index is -0.412. The summed E-state index contributed by atoms with van der Waals surface area (Å²) >= 11 is 0. The summed E-state index contributed by atoms with van der Waals surface area (Å²) in [5.41, 5.74) is 1.33. The third-order valence-electron chi connectivity index (χ3n) is 5.93. The number of imide groups is 1. The molecule has 1 aromatic rings. The number of benzene rings is 1. The molecule has 2 fully saturated rings. The standard InChI is InChI=1S/C22H32N4O3.3C2H6/c1-3-5-17(4-2)16-24-12-14-25(15-13-24)21(28)18-6-8-19(9-7-18)26-11-10-20(27)23-22(26)29;3*1-2/h6-9,17H,3-5,10-16H2,1-2H3,(H,23,27,29);3*1-2H3. The van der Waals surface area contributed by atoms with E-state index in [4.69, 9.17) is 0 Å². The smallest absolute Gasteiger partial charge is 0.328 e. The molecule has 7 heteroatoms. The molecule has 2 saturated heterocycles. The second-order valence-electron chi connectivity index (χ2n) is 7.96. The fourth-order valence-electron chi connectivity index (χ4n) is 4.11. The summed E-state index contributed by atoms with van der Waals surface area (Å²) in [6.45, 7) is 21.3. The summed E-state index contributed by atoms with van der Waals surface area (Å²) in [5, 5.41) is 2.31. The Morgan fingerprint density at radius 3 is 1.94 bits per heavy atom. The lowest BCUT2D eigenvalue weighted by atomic mass is 10.00. The molecule has 1 atom stereocenters. The van der Waals surface area contributed by atoms with E-state index in [1.807, 2.05) is 46.4 Å². The van der Waals surface area contributed by atoms with Crippen molar-refractivity contribution in [2.75, 3.05) is 44.2 Å². The van der Waals surface area contributed by atoms with Gasteiger partial charge < -0.3 is 4.90 Å². The van der Waals surface area contributed by atoms with Crippen LogP contribution in [-0.4, -0.2) is 66.9 Å². The van der Waals surface area contributed by atoms with E-state index in [0.717, 1.165) is 38.6 Å². The molecule has 0 bridgehead atoms. The van der Waals surface area contributed by atoms with Crippen molar-refractivity contribution in [3.8, 4) is 0 Å². The Labute approximate surface area is 214 Å². The maximum absolute atomic E-state index is 12.9. The topological polar surface area (TPSA) is 73.0 Å². The highest BCUT2D eigenvalue weighted by Crippen LogP contribution is 2.20. The zero-order chi connectivity index (χ0) is 26.8. The summed E-state index contributed by atoms with van der Waals surface area (Å²) in [6.07, 6.45) is 3.99. The fraction of sp³-hybridized carbons (Fsp3) is 0.679. The predicted octanol–water partition coefficient (Wildman–Crippen LogP) is 5.80. The number of carbonyl (C=O) groups is 3. The molecule has 3 rings (SSSR count). The summed E-state index contributed by atoms with van der Waals surface area (Å²) in [5.74, 6) is 0.532. The van der Waals surface area contributed by atoms with E-state index in [2.05, 4.69) is 24.1 Å². The van der Waals surface area contributed by atoms with Crippen LogP contribution in [0.4, 0.5) is 10.5 Å². The summed E-state index contributed by atoms with van der Waals surface area (Å²) < 4.78 is 0. The van der Waals surface area contributed by atoms with E-state index in [0.29, 0.717) is 17.8 Å². The van der Waals surface area contributed by atoms with Gasteiger partial charge in [0.15, 0.2) is 0 Å². The summed E-state index contributed by atoms with van der Waals surface area (Å²) in [6, 6.07) is 6.67. The van der Waals surface area contributed by atoms with Crippen LogP contribution in [0.5, 0.6) is 0 Å². The zero-order valence-electron chi connectivity index (χ0n) is 23.5. The van der Waals surface area contributed by atoms with E-state index in [-0.39, 0.29) is 18.2 Å². The first-order chi connectivity index (χ1) is 17.0. The number of nitrogens with one attached hydrogen (secondary N) is 1. The number of anilines is 1. The highest BCUT2D eigenvalue weighted by Gasteiger charge is 2.26. The Morgan fingerprint density at radius 2 is 1.46 bits per heavy atom. The van der Waals surface area contributed by atoms with Gasteiger partial charge in [0.2, 0.25) is 5.91 Å². The zero-order valence-corrected chi connectivity index (χ0v) is 23.5. The normalized spacial score (nSPS) is 16.5. The second kappa shape index (κ2) is 18.9. The minimum Gasteiger partial charge on any atom is -0.336 e. The van der Waals surface area contributed by atoms with Crippen LogP contribution in [0, 0.1) is 5.92 Å². The maximum atomic E-state index is 12.9. The van der Waals surface area contributed by atoms with Gasteiger partial charge in [0.1, 0.15) is 0 Å². The number of hydrogen-bond donors (Lipinski definition) is 1. The van der Waals surface area contributed by atoms with Gasteiger partial charge in [0.25, 0.3) is 5.91 Å². The lowest BCUT2D eigenvalue weighted by molar-refractivity contribution is -0.120. The van der Waals surface area contributed by atoms with Crippen LogP contribution in [0.3, 0.4) is 0 Å². The number of hydrogen-bond acceptors (Lipinski definition) is 4. The fourth-order valence-corrected chi connectivity index (χ4v) is 4.11. The Kier molecular flexibility index (Phi) is 17.6. The summed E-state index contributed by atoms with van der Waals surface area (Å²) in [4.78, 5) is 42.0. The molecule has 2 heterocycles. The lowest BCUT2D eigenvalue weighted by Gasteiger charge is -2.36. The highest BCUT2D eigenvalue weighted by molar-refractivity contribution is 6.05. The van der Waals surface area contributed by atoms with Crippen molar-refractivity contribution in [2.45, 2.75) is 81.1 Å². The maximum Gasteiger partial charge on any atom is 0.328 e.